The van der Waals surface area contributed by atoms with Crippen molar-refractivity contribution in [1.29, 1.82) is 0 Å². The number of aromatic nitrogens is 2. The molecule has 0 amide bonds. The number of rotatable bonds is 5. The van der Waals surface area contributed by atoms with E-state index in [0.29, 0.717) is 24.0 Å². The van der Waals surface area contributed by atoms with Gasteiger partial charge in [-0.3, -0.25) is 4.79 Å². The van der Waals surface area contributed by atoms with E-state index in [1.54, 1.807) is 6.20 Å². The number of nitrogens with zero attached hydrogens (tertiary/aromatic N) is 3. The molecule has 0 bridgehead atoms. The normalized spacial score (nSPS) is 19.4. The Bertz CT molecular complexity index is 500. The summed E-state index contributed by atoms with van der Waals surface area (Å²) in [6, 6.07) is 0. The van der Waals surface area contributed by atoms with Gasteiger partial charge in [-0.15, -0.1) is 0 Å². The number of anilines is 1. The number of nitrogens with two attached hydrogens (primary N) is 1. The van der Waals surface area contributed by atoms with Crippen molar-refractivity contribution in [2.75, 3.05) is 24.5 Å². The fourth-order valence-electron chi connectivity index (χ4n) is 2.80. The molecular weight excluding hydrogens is 276 g/mol. The summed E-state index contributed by atoms with van der Waals surface area (Å²) in [5, 5.41) is 4.52. The molecule has 1 atom stereocenters. The number of piperidine rings is 1. The van der Waals surface area contributed by atoms with Gasteiger partial charge in [0.05, 0.1) is 11.9 Å². The fraction of sp³-hybridized carbons (Fsp3) is 0.714. The molecule has 112 valence electrons. The van der Waals surface area contributed by atoms with Crippen molar-refractivity contribution in [1.82, 2.24) is 9.78 Å². The summed E-state index contributed by atoms with van der Waals surface area (Å²) in [7, 11) is 0. The van der Waals surface area contributed by atoms with E-state index in [1.165, 1.54) is 11.1 Å². The van der Waals surface area contributed by atoms with Gasteiger partial charge in [0.15, 0.2) is 0 Å². The van der Waals surface area contributed by atoms with Crippen LogP contribution < -0.4 is 16.2 Å². The Balaban J connectivity index is 2.20. The maximum absolute atomic E-state index is 12.2. The van der Waals surface area contributed by atoms with Gasteiger partial charge in [-0.05, 0) is 38.1 Å². The average molecular weight is 299 g/mol. The SMILES string of the molecule is CCCn1ncc(N2CCCC(CCN)C2)c(Cl)c1=O. The molecule has 5 nitrogen and oxygen atoms in total. The van der Waals surface area contributed by atoms with Gasteiger partial charge < -0.3 is 10.6 Å². The molecule has 0 aromatic carbocycles. The number of hydrogen-bond donors (Lipinski definition) is 1. The number of aryl methyl sites for hydroxylation is 1. The highest BCUT2D eigenvalue weighted by atomic mass is 35.5. The fourth-order valence-corrected chi connectivity index (χ4v) is 3.07. The highest BCUT2D eigenvalue weighted by Gasteiger charge is 2.22. The van der Waals surface area contributed by atoms with E-state index >= 15 is 0 Å². The van der Waals surface area contributed by atoms with Crippen LogP contribution in [0.25, 0.3) is 0 Å². The Kier molecular flexibility index (Phi) is 5.43. The zero-order valence-corrected chi connectivity index (χ0v) is 12.8. The van der Waals surface area contributed by atoms with Gasteiger partial charge in [0, 0.05) is 19.6 Å². The largest absolute Gasteiger partial charge is 0.369 e. The zero-order valence-electron chi connectivity index (χ0n) is 12.0. The lowest BCUT2D eigenvalue weighted by Gasteiger charge is -2.34. The molecule has 2 N–H and O–H groups in total. The second-order valence-electron chi connectivity index (χ2n) is 5.40. The van der Waals surface area contributed by atoms with Crippen LogP contribution in [0, 0.1) is 5.92 Å². The second kappa shape index (κ2) is 7.09. The minimum atomic E-state index is -0.188. The van der Waals surface area contributed by atoms with Crippen molar-refractivity contribution in [3.8, 4) is 0 Å². The summed E-state index contributed by atoms with van der Waals surface area (Å²) in [5.74, 6) is 0.586. The zero-order chi connectivity index (χ0) is 14.5. The molecule has 0 saturated carbocycles. The van der Waals surface area contributed by atoms with E-state index in [2.05, 4.69) is 10.00 Å². The molecule has 0 aliphatic carbocycles. The number of halogens is 1. The smallest absolute Gasteiger partial charge is 0.287 e. The van der Waals surface area contributed by atoms with Crippen LogP contribution in [0.3, 0.4) is 0 Å². The van der Waals surface area contributed by atoms with Crippen LogP contribution in [-0.2, 0) is 6.54 Å². The maximum Gasteiger partial charge on any atom is 0.287 e. The highest BCUT2D eigenvalue weighted by molar-refractivity contribution is 6.33. The van der Waals surface area contributed by atoms with Crippen molar-refractivity contribution in [2.45, 2.75) is 39.2 Å². The van der Waals surface area contributed by atoms with Crippen LogP contribution in [-0.4, -0.2) is 29.4 Å². The maximum atomic E-state index is 12.2. The third kappa shape index (κ3) is 3.33. The van der Waals surface area contributed by atoms with Crippen LogP contribution >= 0.6 is 11.6 Å². The quantitative estimate of drug-likeness (QED) is 0.901. The van der Waals surface area contributed by atoms with E-state index in [-0.39, 0.29) is 5.56 Å². The highest BCUT2D eigenvalue weighted by Crippen LogP contribution is 2.27. The third-order valence-corrected chi connectivity index (χ3v) is 4.19. The molecule has 1 fully saturated rings. The van der Waals surface area contributed by atoms with Crippen LogP contribution in [0.15, 0.2) is 11.0 Å². The first kappa shape index (κ1) is 15.3. The Morgan fingerprint density at radius 1 is 1.55 bits per heavy atom. The lowest BCUT2D eigenvalue weighted by atomic mass is 9.94. The Labute approximate surface area is 124 Å². The molecule has 20 heavy (non-hydrogen) atoms. The Morgan fingerprint density at radius 3 is 3.05 bits per heavy atom. The molecule has 0 spiro atoms. The van der Waals surface area contributed by atoms with Crippen LogP contribution in [0.1, 0.15) is 32.6 Å². The first-order chi connectivity index (χ1) is 9.67. The van der Waals surface area contributed by atoms with Gasteiger partial charge in [0.25, 0.3) is 5.56 Å². The van der Waals surface area contributed by atoms with E-state index in [9.17, 15) is 4.79 Å². The summed E-state index contributed by atoms with van der Waals surface area (Å²) in [6.45, 7) is 5.17. The van der Waals surface area contributed by atoms with Gasteiger partial charge in [-0.1, -0.05) is 18.5 Å². The van der Waals surface area contributed by atoms with Crippen molar-refractivity contribution in [3.63, 3.8) is 0 Å². The Hall–Kier alpha value is -1.07. The van der Waals surface area contributed by atoms with E-state index in [1.807, 2.05) is 6.92 Å². The second-order valence-corrected chi connectivity index (χ2v) is 5.78. The topological polar surface area (TPSA) is 64.2 Å². The minimum absolute atomic E-state index is 0.188. The van der Waals surface area contributed by atoms with Crippen LogP contribution in [0.5, 0.6) is 0 Å². The van der Waals surface area contributed by atoms with Gasteiger partial charge >= 0.3 is 0 Å². The number of hydrogen-bond acceptors (Lipinski definition) is 4. The third-order valence-electron chi connectivity index (χ3n) is 3.84. The predicted molar refractivity (Wildman–Crippen MR) is 82.4 cm³/mol. The Morgan fingerprint density at radius 2 is 2.35 bits per heavy atom. The lowest BCUT2D eigenvalue weighted by Crippen LogP contribution is -2.38. The molecule has 1 aliphatic heterocycles. The molecule has 1 saturated heterocycles. The minimum Gasteiger partial charge on any atom is -0.369 e. The van der Waals surface area contributed by atoms with E-state index in [4.69, 9.17) is 17.3 Å². The van der Waals surface area contributed by atoms with Gasteiger partial charge in [0.2, 0.25) is 0 Å². The summed E-state index contributed by atoms with van der Waals surface area (Å²) in [6.07, 6.45) is 5.92. The molecule has 1 unspecified atom stereocenters. The van der Waals surface area contributed by atoms with Crippen LogP contribution in [0.2, 0.25) is 5.02 Å². The van der Waals surface area contributed by atoms with Crippen molar-refractivity contribution in [2.24, 2.45) is 11.7 Å². The molecule has 6 heteroatoms. The van der Waals surface area contributed by atoms with E-state index in [0.717, 1.165) is 38.0 Å². The van der Waals surface area contributed by atoms with E-state index < -0.39 is 0 Å². The molecule has 1 aromatic heterocycles. The molecule has 0 radical (unpaired) electrons. The summed E-state index contributed by atoms with van der Waals surface area (Å²) < 4.78 is 1.44. The average Bonchev–Trinajstić information content (AvgIpc) is 2.45. The standard InChI is InChI=1S/C14H23ClN4O/c1-2-7-19-14(20)13(15)12(9-17-19)18-8-3-4-11(10-18)5-6-16/h9,11H,2-8,10,16H2,1H3. The predicted octanol–water partition coefficient (Wildman–Crippen LogP) is 1.87. The van der Waals surface area contributed by atoms with Crippen molar-refractivity contribution >= 4 is 17.3 Å². The molecule has 2 heterocycles. The lowest BCUT2D eigenvalue weighted by molar-refractivity contribution is 0.395. The van der Waals surface area contributed by atoms with Gasteiger partial charge in [0.1, 0.15) is 5.02 Å². The summed E-state index contributed by atoms with van der Waals surface area (Å²) in [4.78, 5) is 14.3. The molecule has 2 rings (SSSR count). The molecular formula is C14H23ClN4O. The van der Waals surface area contributed by atoms with Crippen molar-refractivity contribution < 1.29 is 0 Å². The van der Waals surface area contributed by atoms with Crippen LogP contribution in [0.4, 0.5) is 5.69 Å². The first-order valence-corrected chi connectivity index (χ1v) is 7.75. The first-order valence-electron chi connectivity index (χ1n) is 7.38. The molecule has 1 aromatic rings. The van der Waals surface area contributed by atoms with Crippen molar-refractivity contribution in [3.05, 3.63) is 21.6 Å². The van der Waals surface area contributed by atoms with Gasteiger partial charge in [-0.25, -0.2) is 4.68 Å². The molecule has 1 aliphatic rings. The monoisotopic (exact) mass is 298 g/mol. The summed E-state index contributed by atoms with van der Waals surface area (Å²) >= 11 is 6.25. The summed E-state index contributed by atoms with van der Waals surface area (Å²) in [5.41, 5.74) is 6.22. The van der Waals surface area contributed by atoms with Gasteiger partial charge in [-0.2, -0.15) is 5.10 Å².